The van der Waals surface area contributed by atoms with Crippen LogP contribution in [0.5, 0.6) is 5.75 Å². The second-order valence-corrected chi connectivity index (χ2v) is 6.50. The number of aliphatic hydroxyl groups excluding tert-OH is 1. The van der Waals surface area contributed by atoms with Crippen LogP contribution in [0.25, 0.3) is 0 Å². The fourth-order valence-electron chi connectivity index (χ4n) is 3.22. The van der Waals surface area contributed by atoms with E-state index in [0.29, 0.717) is 18.3 Å². The molecular formula is C20H24N2O3. The molecule has 25 heavy (non-hydrogen) atoms. The van der Waals surface area contributed by atoms with E-state index in [1.807, 2.05) is 6.07 Å². The molecule has 0 spiro atoms. The van der Waals surface area contributed by atoms with Crippen molar-refractivity contribution in [3.63, 3.8) is 0 Å². The number of rotatable bonds is 6. The third-order valence-corrected chi connectivity index (χ3v) is 4.37. The minimum absolute atomic E-state index is 0.107. The lowest BCUT2D eigenvalue weighted by Gasteiger charge is -2.27. The van der Waals surface area contributed by atoms with Gasteiger partial charge in [0.05, 0.1) is 0 Å². The van der Waals surface area contributed by atoms with Crippen LogP contribution in [-0.4, -0.2) is 36.3 Å². The number of aliphatic hydroxyl groups is 1. The maximum Gasteiger partial charge on any atom is 0.221 e. The second kappa shape index (κ2) is 7.57. The largest absolute Gasteiger partial charge is 0.491 e. The monoisotopic (exact) mass is 340 g/mol. The first kappa shape index (κ1) is 17.3. The van der Waals surface area contributed by atoms with Crippen LogP contribution in [0, 0.1) is 0 Å². The molecule has 2 unspecified atom stereocenters. The van der Waals surface area contributed by atoms with Gasteiger partial charge in [-0.2, -0.15) is 0 Å². The van der Waals surface area contributed by atoms with Gasteiger partial charge in [0, 0.05) is 30.9 Å². The van der Waals surface area contributed by atoms with Crippen molar-refractivity contribution >= 4 is 17.3 Å². The molecule has 3 rings (SSSR count). The maximum absolute atomic E-state index is 11.0. The molecule has 0 saturated carbocycles. The third kappa shape index (κ3) is 4.31. The number of benzene rings is 2. The SMILES string of the molecule is CC(=O)Nc1ccc(OCC(O)CN2c3ccccc3CC2C)cc1. The van der Waals surface area contributed by atoms with E-state index in [4.69, 9.17) is 4.74 Å². The van der Waals surface area contributed by atoms with Crippen LogP contribution in [0.2, 0.25) is 0 Å². The minimum atomic E-state index is -0.580. The fraction of sp³-hybridized carbons (Fsp3) is 0.350. The number of nitrogens with one attached hydrogen (secondary N) is 1. The summed E-state index contributed by atoms with van der Waals surface area (Å²) in [5.74, 6) is 0.562. The van der Waals surface area contributed by atoms with Gasteiger partial charge in [-0.3, -0.25) is 4.79 Å². The standard InChI is InChI=1S/C20H24N2O3/c1-14-11-16-5-3-4-6-20(16)22(14)12-18(24)13-25-19-9-7-17(8-10-19)21-15(2)23/h3-10,14,18,24H,11-13H2,1-2H3,(H,21,23). The number of carbonyl (C=O) groups excluding carboxylic acids is 1. The van der Waals surface area contributed by atoms with E-state index in [9.17, 15) is 9.90 Å². The molecule has 0 fully saturated rings. The number of β-amino-alcohol motifs (C(OH)–C–C–N with tert-alkyl or cyclic N) is 1. The molecule has 5 nitrogen and oxygen atoms in total. The lowest BCUT2D eigenvalue weighted by Crippen LogP contribution is -2.39. The number of amides is 1. The Morgan fingerprint density at radius 1 is 1.28 bits per heavy atom. The Balaban J connectivity index is 1.53. The van der Waals surface area contributed by atoms with E-state index in [1.165, 1.54) is 18.2 Å². The normalized spacial score (nSPS) is 17.1. The summed E-state index contributed by atoms with van der Waals surface area (Å²) in [4.78, 5) is 13.3. The zero-order valence-electron chi connectivity index (χ0n) is 14.6. The van der Waals surface area contributed by atoms with Gasteiger partial charge in [0.1, 0.15) is 18.5 Å². The Hall–Kier alpha value is -2.53. The van der Waals surface area contributed by atoms with Crippen LogP contribution in [0.15, 0.2) is 48.5 Å². The number of anilines is 2. The van der Waals surface area contributed by atoms with Crippen LogP contribution in [0.1, 0.15) is 19.4 Å². The molecular weight excluding hydrogens is 316 g/mol. The molecule has 0 saturated heterocycles. The zero-order chi connectivity index (χ0) is 17.8. The molecule has 1 amide bonds. The van der Waals surface area contributed by atoms with Crippen LogP contribution in [-0.2, 0) is 11.2 Å². The molecule has 5 heteroatoms. The number of para-hydroxylation sites is 1. The highest BCUT2D eigenvalue weighted by Gasteiger charge is 2.27. The Bertz CT molecular complexity index is 730. The van der Waals surface area contributed by atoms with E-state index in [-0.39, 0.29) is 12.5 Å². The van der Waals surface area contributed by atoms with Crippen molar-refractivity contribution in [2.24, 2.45) is 0 Å². The van der Waals surface area contributed by atoms with Crippen LogP contribution in [0.3, 0.4) is 0 Å². The highest BCUT2D eigenvalue weighted by Crippen LogP contribution is 2.31. The lowest BCUT2D eigenvalue weighted by atomic mass is 10.1. The first-order valence-electron chi connectivity index (χ1n) is 8.56. The number of nitrogens with zero attached hydrogens (tertiary/aromatic N) is 1. The summed E-state index contributed by atoms with van der Waals surface area (Å²) in [6.07, 6.45) is 0.428. The Morgan fingerprint density at radius 2 is 2.00 bits per heavy atom. The summed E-state index contributed by atoms with van der Waals surface area (Å²) >= 11 is 0. The molecule has 0 radical (unpaired) electrons. The molecule has 1 heterocycles. The predicted octanol–water partition coefficient (Wildman–Crippen LogP) is 2.84. The topological polar surface area (TPSA) is 61.8 Å². The van der Waals surface area contributed by atoms with Gasteiger partial charge < -0.3 is 20.1 Å². The first-order chi connectivity index (χ1) is 12.0. The van der Waals surface area contributed by atoms with Crippen LogP contribution >= 0.6 is 0 Å². The number of carbonyl (C=O) groups is 1. The van der Waals surface area contributed by atoms with Crippen LogP contribution < -0.4 is 15.0 Å². The van der Waals surface area contributed by atoms with Crippen molar-refractivity contribution in [1.29, 1.82) is 0 Å². The summed E-state index contributed by atoms with van der Waals surface area (Å²) in [5.41, 5.74) is 3.26. The number of fused-ring (bicyclic) bond motifs is 1. The molecule has 1 aliphatic heterocycles. The first-order valence-corrected chi connectivity index (χ1v) is 8.56. The highest BCUT2D eigenvalue weighted by atomic mass is 16.5. The maximum atomic E-state index is 11.0. The van der Waals surface area contributed by atoms with Crippen molar-refractivity contribution in [1.82, 2.24) is 0 Å². The molecule has 0 aliphatic carbocycles. The van der Waals surface area contributed by atoms with Gasteiger partial charge in [0.15, 0.2) is 0 Å². The second-order valence-electron chi connectivity index (χ2n) is 6.50. The summed E-state index contributed by atoms with van der Waals surface area (Å²) in [6.45, 7) is 4.42. The molecule has 2 N–H and O–H groups in total. The third-order valence-electron chi connectivity index (χ3n) is 4.37. The summed E-state index contributed by atoms with van der Waals surface area (Å²) < 4.78 is 5.67. The van der Waals surface area contributed by atoms with Gasteiger partial charge in [-0.15, -0.1) is 0 Å². The summed E-state index contributed by atoms with van der Waals surface area (Å²) in [5, 5.41) is 13.1. The Labute approximate surface area is 148 Å². The Morgan fingerprint density at radius 3 is 2.72 bits per heavy atom. The average Bonchev–Trinajstić information content (AvgIpc) is 2.89. The number of ether oxygens (including phenoxy) is 1. The van der Waals surface area contributed by atoms with Crippen molar-refractivity contribution < 1.29 is 14.6 Å². The quantitative estimate of drug-likeness (QED) is 0.849. The zero-order valence-corrected chi connectivity index (χ0v) is 14.6. The van der Waals surface area contributed by atoms with E-state index in [1.54, 1.807) is 24.3 Å². The van der Waals surface area contributed by atoms with E-state index >= 15 is 0 Å². The molecule has 2 atom stereocenters. The van der Waals surface area contributed by atoms with Crippen molar-refractivity contribution in [3.8, 4) is 5.75 Å². The molecule has 0 bridgehead atoms. The molecule has 132 valence electrons. The smallest absolute Gasteiger partial charge is 0.221 e. The van der Waals surface area contributed by atoms with Gasteiger partial charge >= 0.3 is 0 Å². The lowest BCUT2D eigenvalue weighted by molar-refractivity contribution is -0.114. The Kier molecular flexibility index (Phi) is 5.24. The summed E-state index contributed by atoms with van der Waals surface area (Å²) in [7, 11) is 0. The predicted molar refractivity (Wildman–Crippen MR) is 99.2 cm³/mol. The average molecular weight is 340 g/mol. The van der Waals surface area contributed by atoms with Crippen molar-refractivity contribution in [2.75, 3.05) is 23.4 Å². The minimum Gasteiger partial charge on any atom is -0.491 e. The van der Waals surface area contributed by atoms with Gasteiger partial charge in [0.25, 0.3) is 0 Å². The number of hydrogen-bond donors (Lipinski definition) is 2. The van der Waals surface area contributed by atoms with E-state index < -0.39 is 6.10 Å². The molecule has 2 aromatic rings. The van der Waals surface area contributed by atoms with Gasteiger partial charge in [-0.25, -0.2) is 0 Å². The van der Waals surface area contributed by atoms with Gasteiger partial charge in [0.2, 0.25) is 5.91 Å². The molecule has 0 aromatic heterocycles. The highest BCUT2D eigenvalue weighted by molar-refractivity contribution is 5.88. The van der Waals surface area contributed by atoms with E-state index in [2.05, 4.69) is 35.3 Å². The summed E-state index contributed by atoms with van der Waals surface area (Å²) in [6, 6.07) is 15.8. The number of hydrogen-bond acceptors (Lipinski definition) is 4. The molecule has 1 aliphatic rings. The van der Waals surface area contributed by atoms with Gasteiger partial charge in [-0.1, -0.05) is 18.2 Å². The van der Waals surface area contributed by atoms with Crippen molar-refractivity contribution in [3.05, 3.63) is 54.1 Å². The van der Waals surface area contributed by atoms with Crippen LogP contribution in [0.4, 0.5) is 11.4 Å². The molecule has 2 aromatic carbocycles. The van der Waals surface area contributed by atoms with Crippen molar-refractivity contribution in [2.45, 2.75) is 32.4 Å². The van der Waals surface area contributed by atoms with Gasteiger partial charge in [-0.05, 0) is 49.2 Å². The van der Waals surface area contributed by atoms with E-state index in [0.717, 1.165) is 12.1 Å². The fourth-order valence-corrected chi connectivity index (χ4v) is 3.22.